The number of ether oxygens (including phenoxy) is 1. The molecular weight excluding hydrogens is 402 g/mol. The van der Waals surface area contributed by atoms with Crippen molar-refractivity contribution in [1.29, 1.82) is 0 Å². The minimum absolute atomic E-state index is 0.541. The predicted molar refractivity (Wildman–Crippen MR) is 138 cm³/mol. The molecule has 0 saturated heterocycles. The lowest BCUT2D eigenvalue weighted by Crippen LogP contribution is -2.54. The van der Waals surface area contributed by atoms with Gasteiger partial charge in [0.1, 0.15) is 0 Å². The van der Waals surface area contributed by atoms with Gasteiger partial charge in [-0.3, -0.25) is 0 Å². The van der Waals surface area contributed by atoms with E-state index in [0.29, 0.717) is 16.9 Å². The van der Waals surface area contributed by atoms with E-state index in [-0.39, 0.29) is 0 Å². The third-order valence-electron chi connectivity index (χ3n) is 11.5. The molecule has 0 amide bonds. The third kappa shape index (κ3) is 4.33. The summed E-state index contributed by atoms with van der Waals surface area (Å²) in [4.78, 5) is 0. The molecule has 0 aromatic heterocycles. The molecule has 5 rings (SSSR count). The summed E-state index contributed by atoms with van der Waals surface area (Å²) in [5.41, 5.74) is 2.56. The molecule has 1 aromatic rings. The molecule has 0 bridgehead atoms. The first-order valence-corrected chi connectivity index (χ1v) is 14.3. The van der Waals surface area contributed by atoms with Crippen molar-refractivity contribution in [2.24, 2.45) is 46.3 Å². The highest BCUT2D eigenvalue weighted by atomic mass is 16.5. The Morgan fingerprint density at radius 1 is 0.939 bits per heavy atom. The van der Waals surface area contributed by atoms with Gasteiger partial charge in [0.15, 0.2) is 0 Å². The van der Waals surface area contributed by atoms with Crippen LogP contribution in [0.25, 0.3) is 0 Å². The average Bonchev–Trinajstić information content (AvgIpc) is 3.19. The maximum atomic E-state index is 5.84. The second kappa shape index (κ2) is 9.65. The van der Waals surface area contributed by atoms with Crippen molar-refractivity contribution >= 4 is 0 Å². The van der Waals surface area contributed by atoms with Gasteiger partial charge in [-0.15, -0.1) is 0 Å². The lowest BCUT2D eigenvalue weighted by Gasteiger charge is -2.61. The van der Waals surface area contributed by atoms with E-state index in [9.17, 15) is 0 Å². The van der Waals surface area contributed by atoms with E-state index >= 15 is 0 Å². The molecule has 1 N–H and O–H groups in total. The van der Waals surface area contributed by atoms with Crippen molar-refractivity contribution in [1.82, 2.24) is 5.32 Å². The van der Waals surface area contributed by atoms with Crippen LogP contribution in [0.1, 0.15) is 91.0 Å². The van der Waals surface area contributed by atoms with Gasteiger partial charge < -0.3 is 10.1 Å². The first-order valence-electron chi connectivity index (χ1n) is 14.3. The number of fused-ring (bicyclic) bond motifs is 5. The third-order valence-corrected chi connectivity index (χ3v) is 11.5. The molecule has 0 spiro atoms. The minimum atomic E-state index is 0.541. The van der Waals surface area contributed by atoms with Crippen LogP contribution >= 0.6 is 0 Å². The molecule has 4 aliphatic rings. The van der Waals surface area contributed by atoms with Crippen LogP contribution in [0.3, 0.4) is 0 Å². The van der Waals surface area contributed by atoms with E-state index in [1.807, 2.05) is 0 Å². The van der Waals surface area contributed by atoms with Crippen LogP contribution < -0.4 is 5.32 Å². The number of benzene rings is 1. The smallest absolute Gasteiger partial charge is 0.0494 e. The Bertz CT molecular complexity index is 778. The van der Waals surface area contributed by atoms with Crippen molar-refractivity contribution < 1.29 is 4.74 Å². The number of hydrogen-bond donors (Lipinski definition) is 1. The zero-order valence-electron chi connectivity index (χ0n) is 21.8. The molecule has 2 unspecified atom stereocenters. The van der Waals surface area contributed by atoms with Crippen LogP contribution in [0.5, 0.6) is 0 Å². The molecule has 4 fully saturated rings. The summed E-state index contributed by atoms with van der Waals surface area (Å²) in [5.74, 6) is 5.53. The van der Waals surface area contributed by atoms with Gasteiger partial charge in [0.25, 0.3) is 0 Å². The molecule has 2 nitrogen and oxygen atoms in total. The molecule has 0 radical (unpaired) electrons. The van der Waals surface area contributed by atoms with Crippen molar-refractivity contribution in [2.75, 3.05) is 13.2 Å². The first-order chi connectivity index (χ1) is 16.0. The average molecular weight is 452 g/mol. The van der Waals surface area contributed by atoms with E-state index in [1.54, 1.807) is 0 Å². The molecule has 0 aliphatic heterocycles. The van der Waals surface area contributed by atoms with Crippen molar-refractivity contribution in [3.05, 3.63) is 35.9 Å². The summed E-state index contributed by atoms with van der Waals surface area (Å²) in [6.45, 7) is 12.9. The normalized spacial score (nSPS) is 43.4. The Balaban J connectivity index is 1.25. The summed E-state index contributed by atoms with van der Waals surface area (Å²) in [6.07, 6.45) is 13.2. The maximum absolute atomic E-state index is 5.84. The van der Waals surface area contributed by atoms with E-state index in [1.165, 1.54) is 63.4 Å². The van der Waals surface area contributed by atoms with Gasteiger partial charge in [0, 0.05) is 25.8 Å². The number of hydrogen-bond acceptors (Lipinski definition) is 2. The van der Waals surface area contributed by atoms with E-state index in [2.05, 4.69) is 63.3 Å². The SMILES string of the molecule is CCOC[C@H]1CC[C@]2(C)C3CC[C@@]4(C)C(CC[C@@H]4[C@@H](C)NCc4ccccc4)[C@@H]3CC[C@@H]2C1. The summed E-state index contributed by atoms with van der Waals surface area (Å²) in [6, 6.07) is 11.6. The topological polar surface area (TPSA) is 21.3 Å². The second-order valence-corrected chi connectivity index (χ2v) is 12.8. The standard InChI is InChI=1S/C31H49NO/c1-5-33-21-24-15-17-30(3)25(19-24)11-12-26-28-14-13-27(31(28,4)18-16-29(26)30)22(2)32-20-23-9-7-6-8-10-23/h6-10,22,24-29,32H,5,11-21H2,1-4H3/t22-,24+,25-,26+,27-,28?,29?,30+,31-/m1/s1. The van der Waals surface area contributed by atoms with Gasteiger partial charge in [-0.05, 0) is 124 Å². The van der Waals surface area contributed by atoms with Crippen molar-refractivity contribution in [3.63, 3.8) is 0 Å². The molecule has 33 heavy (non-hydrogen) atoms. The molecular formula is C31H49NO. The van der Waals surface area contributed by atoms with Gasteiger partial charge >= 0.3 is 0 Å². The summed E-state index contributed by atoms with van der Waals surface area (Å²) >= 11 is 0. The van der Waals surface area contributed by atoms with Crippen LogP contribution in [0.4, 0.5) is 0 Å². The van der Waals surface area contributed by atoms with Crippen molar-refractivity contribution in [3.8, 4) is 0 Å². The fourth-order valence-electron chi connectivity index (χ4n) is 9.66. The van der Waals surface area contributed by atoms with Gasteiger partial charge in [-0.1, -0.05) is 44.2 Å². The minimum Gasteiger partial charge on any atom is -0.381 e. The Kier molecular flexibility index (Phi) is 6.98. The summed E-state index contributed by atoms with van der Waals surface area (Å²) in [5, 5.41) is 3.93. The van der Waals surface area contributed by atoms with E-state index in [4.69, 9.17) is 4.74 Å². The van der Waals surface area contributed by atoms with Gasteiger partial charge in [0.2, 0.25) is 0 Å². The number of rotatable bonds is 7. The molecule has 4 saturated carbocycles. The quantitative estimate of drug-likeness (QED) is 0.464. The highest BCUT2D eigenvalue weighted by molar-refractivity contribution is 5.15. The Morgan fingerprint density at radius 2 is 1.70 bits per heavy atom. The lowest BCUT2D eigenvalue weighted by atomic mass is 9.44. The Labute approximate surface area is 203 Å². The van der Waals surface area contributed by atoms with Crippen molar-refractivity contribution in [2.45, 2.75) is 98.1 Å². The zero-order valence-corrected chi connectivity index (χ0v) is 21.8. The zero-order chi connectivity index (χ0) is 23.1. The van der Waals surface area contributed by atoms with Crippen LogP contribution in [0.2, 0.25) is 0 Å². The summed E-state index contributed by atoms with van der Waals surface area (Å²) < 4.78 is 5.84. The first kappa shape index (κ1) is 23.9. The predicted octanol–water partition coefficient (Wildman–Crippen LogP) is 7.48. The van der Waals surface area contributed by atoms with Crippen LogP contribution in [-0.4, -0.2) is 19.3 Å². The monoisotopic (exact) mass is 451 g/mol. The highest BCUT2D eigenvalue weighted by Gasteiger charge is 2.60. The maximum Gasteiger partial charge on any atom is 0.0494 e. The van der Waals surface area contributed by atoms with Gasteiger partial charge in [0.05, 0.1) is 0 Å². The highest BCUT2D eigenvalue weighted by Crippen LogP contribution is 2.68. The van der Waals surface area contributed by atoms with E-state index in [0.717, 1.165) is 55.3 Å². The lowest BCUT2D eigenvalue weighted by molar-refractivity contribution is -0.123. The fourth-order valence-corrected chi connectivity index (χ4v) is 9.66. The second-order valence-electron chi connectivity index (χ2n) is 12.8. The summed E-state index contributed by atoms with van der Waals surface area (Å²) in [7, 11) is 0. The molecule has 2 heteroatoms. The van der Waals surface area contributed by atoms with Crippen LogP contribution in [0, 0.1) is 46.3 Å². The van der Waals surface area contributed by atoms with Crippen LogP contribution in [0.15, 0.2) is 30.3 Å². The molecule has 0 heterocycles. The van der Waals surface area contributed by atoms with E-state index < -0.39 is 0 Å². The van der Waals surface area contributed by atoms with Gasteiger partial charge in [-0.25, -0.2) is 0 Å². The van der Waals surface area contributed by atoms with Crippen LogP contribution in [-0.2, 0) is 11.3 Å². The Hall–Kier alpha value is -0.860. The fraction of sp³-hybridized carbons (Fsp3) is 0.806. The number of nitrogens with one attached hydrogen (secondary N) is 1. The molecule has 184 valence electrons. The molecule has 9 atom stereocenters. The largest absolute Gasteiger partial charge is 0.381 e. The van der Waals surface area contributed by atoms with Gasteiger partial charge in [-0.2, -0.15) is 0 Å². The Morgan fingerprint density at radius 3 is 2.48 bits per heavy atom. The molecule has 4 aliphatic carbocycles. The molecule has 1 aromatic carbocycles.